The number of benzene rings is 1. The summed E-state index contributed by atoms with van der Waals surface area (Å²) < 4.78 is 0. The van der Waals surface area contributed by atoms with Gasteiger partial charge in [0.15, 0.2) is 0 Å². The summed E-state index contributed by atoms with van der Waals surface area (Å²) in [6, 6.07) is 7.14. The highest BCUT2D eigenvalue weighted by Crippen LogP contribution is 2.35. The molecule has 3 nitrogen and oxygen atoms in total. The number of hydrogen-bond acceptors (Lipinski definition) is 2. The minimum atomic E-state index is -0.904. The predicted octanol–water partition coefficient (Wildman–Crippen LogP) is 3.79. The number of rotatable bonds is 5. The molecular weight excluding hydrogens is 250 g/mol. The monoisotopic (exact) mass is 267 g/mol. The molecule has 1 atom stereocenters. The van der Waals surface area contributed by atoms with Crippen molar-refractivity contribution in [3.8, 4) is 0 Å². The van der Waals surface area contributed by atoms with Crippen molar-refractivity contribution in [1.82, 2.24) is 0 Å². The zero-order chi connectivity index (χ0) is 13.2. The highest BCUT2D eigenvalue weighted by Gasteiger charge is 2.37. The highest BCUT2D eigenvalue weighted by molar-refractivity contribution is 6.30. The molecule has 1 aliphatic rings. The molecule has 0 aromatic heterocycles. The minimum absolute atomic E-state index is 0.533. The Morgan fingerprint density at radius 2 is 2.06 bits per heavy atom. The molecule has 0 radical (unpaired) electrons. The molecule has 0 bridgehead atoms. The van der Waals surface area contributed by atoms with Crippen LogP contribution in [0.25, 0.3) is 0 Å². The van der Waals surface area contributed by atoms with Crippen molar-refractivity contribution in [2.75, 3.05) is 5.32 Å². The van der Waals surface area contributed by atoms with Gasteiger partial charge in [0.2, 0.25) is 0 Å². The van der Waals surface area contributed by atoms with Gasteiger partial charge in [0.05, 0.1) is 0 Å². The van der Waals surface area contributed by atoms with Gasteiger partial charge in [0.25, 0.3) is 0 Å². The van der Waals surface area contributed by atoms with E-state index in [0.29, 0.717) is 17.4 Å². The average molecular weight is 268 g/mol. The van der Waals surface area contributed by atoms with Crippen LogP contribution in [0.15, 0.2) is 24.3 Å². The summed E-state index contributed by atoms with van der Waals surface area (Å²) in [5.41, 5.74) is -0.109. The molecule has 0 spiro atoms. The molecule has 18 heavy (non-hydrogen) atoms. The number of carboxylic acid groups (broad SMARTS) is 1. The van der Waals surface area contributed by atoms with Gasteiger partial charge < -0.3 is 10.4 Å². The van der Waals surface area contributed by atoms with E-state index < -0.39 is 11.5 Å². The van der Waals surface area contributed by atoms with Gasteiger partial charge in [-0.15, -0.1) is 0 Å². The van der Waals surface area contributed by atoms with Crippen LogP contribution in [-0.2, 0) is 4.79 Å². The standard InChI is InChI=1S/C14H18ClNO2/c1-14(13(17)18,9-10-3-2-4-10)16-12-7-5-11(15)6-8-12/h5-8,10,16H,2-4,9H2,1H3,(H,17,18). The minimum Gasteiger partial charge on any atom is -0.480 e. The molecule has 98 valence electrons. The third-order valence-corrected chi connectivity index (χ3v) is 3.91. The number of halogens is 1. The molecule has 1 aromatic carbocycles. The maximum Gasteiger partial charge on any atom is 0.329 e. The first-order valence-corrected chi connectivity index (χ1v) is 6.64. The van der Waals surface area contributed by atoms with Crippen molar-refractivity contribution in [2.45, 2.75) is 38.1 Å². The molecule has 0 heterocycles. The molecule has 2 rings (SSSR count). The van der Waals surface area contributed by atoms with Crippen LogP contribution in [-0.4, -0.2) is 16.6 Å². The second-order valence-corrected chi connectivity index (χ2v) is 5.71. The SMILES string of the molecule is CC(CC1CCC1)(Nc1ccc(Cl)cc1)C(=O)O. The van der Waals surface area contributed by atoms with E-state index in [4.69, 9.17) is 11.6 Å². The second-order valence-electron chi connectivity index (χ2n) is 5.27. The highest BCUT2D eigenvalue weighted by atomic mass is 35.5. The maximum atomic E-state index is 11.5. The topological polar surface area (TPSA) is 49.3 Å². The average Bonchev–Trinajstić information content (AvgIpc) is 2.27. The number of anilines is 1. The predicted molar refractivity (Wildman–Crippen MR) is 73.1 cm³/mol. The zero-order valence-electron chi connectivity index (χ0n) is 10.4. The first-order chi connectivity index (χ1) is 8.49. The zero-order valence-corrected chi connectivity index (χ0v) is 11.2. The molecule has 1 aromatic rings. The maximum absolute atomic E-state index is 11.5. The molecule has 4 heteroatoms. The van der Waals surface area contributed by atoms with Crippen LogP contribution in [0.1, 0.15) is 32.6 Å². The number of carbonyl (C=O) groups is 1. The Balaban J connectivity index is 2.09. The second kappa shape index (κ2) is 5.19. The lowest BCUT2D eigenvalue weighted by atomic mass is 9.76. The molecule has 1 unspecified atom stereocenters. The molecule has 1 aliphatic carbocycles. The molecule has 1 fully saturated rings. The van der Waals surface area contributed by atoms with Gasteiger partial charge in [0.1, 0.15) is 5.54 Å². The fourth-order valence-corrected chi connectivity index (χ4v) is 2.44. The van der Waals surface area contributed by atoms with Gasteiger partial charge in [-0.2, -0.15) is 0 Å². The Kier molecular flexibility index (Phi) is 3.81. The van der Waals surface area contributed by atoms with E-state index in [0.717, 1.165) is 18.5 Å². The van der Waals surface area contributed by atoms with Crippen molar-refractivity contribution in [3.63, 3.8) is 0 Å². The fourth-order valence-electron chi connectivity index (χ4n) is 2.32. The molecular formula is C14H18ClNO2. The fraction of sp³-hybridized carbons (Fsp3) is 0.500. The van der Waals surface area contributed by atoms with Gasteiger partial charge in [-0.1, -0.05) is 30.9 Å². The Bertz CT molecular complexity index is 428. The third-order valence-electron chi connectivity index (χ3n) is 3.66. The van der Waals surface area contributed by atoms with Gasteiger partial charge in [-0.05, 0) is 43.5 Å². The van der Waals surface area contributed by atoms with Crippen molar-refractivity contribution in [3.05, 3.63) is 29.3 Å². The summed E-state index contributed by atoms with van der Waals surface area (Å²) in [6.45, 7) is 1.75. The van der Waals surface area contributed by atoms with Crippen molar-refractivity contribution < 1.29 is 9.90 Å². The van der Waals surface area contributed by atoms with Gasteiger partial charge in [-0.25, -0.2) is 4.79 Å². The van der Waals surface area contributed by atoms with Crippen LogP contribution in [0.3, 0.4) is 0 Å². The number of aliphatic carboxylic acids is 1. The molecule has 2 N–H and O–H groups in total. The van der Waals surface area contributed by atoms with E-state index in [1.807, 2.05) is 12.1 Å². The van der Waals surface area contributed by atoms with Crippen LogP contribution in [0.2, 0.25) is 5.02 Å². The van der Waals surface area contributed by atoms with E-state index in [2.05, 4.69) is 5.32 Å². The molecule has 0 aliphatic heterocycles. The van der Waals surface area contributed by atoms with Crippen molar-refractivity contribution in [2.24, 2.45) is 5.92 Å². The number of hydrogen-bond donors (Lipinski definition) is 2. The molecule has 0 amide bonds. The largest absolute Gasteiger partial charge is 0.480 e. The van der Waals surface area contributed by atoms with Crippen molar-refractivity contribution >= 4 is 23.3 Å². The van der Waals surface area contributed by atoms with Gasteiger partial charge >= 0.3 is 5.97 Å². The van der Waals surface area contributed by atoms with E-state index in [1.165, 1.54) is 6.42 Å². The summed E-state index contributed by atoms with van der Waals surface area (Å²) >= 11 is 5.82. The Morgan fingerprint density at radius 3 is 2.50 bits per heavy atom. The molecule has 1 saturated carbocycles. The Labute approximate surface area is 112 Å². The third kappa shape index (κ3) is 2.96. The van der Waals surface area contributed by atoms with Crippen molar-refractivity contribution in [1.29, 1.82) is 0 Å². The summed E-state index contributed by atoms with van der Waals surface area (Å²) in [4.78, 5) is 11.5. The number of nitrogens with one attached hydrogen (secondary N) is 1. The summed E-state index contributed by atoms with van der Waals surface area (Å²) in [7, 11) is 0. The number of carboxylic acids is 1. The first kappa shape index (κ1) is 13.2. The van der Waals surface area contributed by atoms with Crippen LogP contribution in [0.4, 0.5) is 5.69 Å². The smallest absolute Gasteiger partial charge is 0.329 e. The van der Waals surface area contributed by atoms with E-state index in [1.54, 1.807) is 19.1 Å². The Hall–Kier alpha value is -1.22. The lowest BCUT2D eigenvalue weighted by Gasteiger charge is -2.35. The van der Waals surface area contributed by atoms with Gasteiger partial charge in [0, 0.05) is 10.7 Å². The van der Waals surface area contributed by atoms with E-state index >= 15 is 0 Å². The summed E-state index contributed by atoms with van der Waals surface area (Å²) in [5.74, 6) is -0.268. The van der Waals surface area contributed by atoms with Crippen LogP contribution < -0.4 is 5.32 Å². The van der Waals surface area contributed by atoms with E-state index in [9.17, 15) is 9.90 Å². The summed E-state index contributed by atoms with van der Waals surface area (Å²) in [6.07, 6.45) is 4.18. The van der Waals surface area contributed by atoms with Gasteiger partial charge in [-0.3, -0.25) is 0 Å². The lowest BCUT2D eigenvalue weighted by molar-refractivity contribution is -0.142. The van der Waals surface area contributed by atoms with E-state index in [-0.39, 0.29) is 0 Å². The quantitative estimate of drug-likeness (QED) is 0.853. The van der Waals surface area contributed by atoms with Crippen LogP contribution in [0.5, 0.6) is 0 Å². The first-order valence-electron chi connectivity index (χ1n) is 6.27. The van der Waals surface area contributed by atoms with Crippen LogP contribution in [0, 0.1) is 5.92 Å². The normalized spacial score (nSPS) is 18.8. The van der Waals surface area contributed by atoms with Crippen LogP contribution >= 0.6 is 11.6 Å². The summed E-state index contributed by atoms with van der Waals surface area (Å²) in [5, 5.41) is 13.2. The molecule has 0 saturated heterocycles. The lowest BCUT2D eigenvalue weighted by Crippen LogP contribution is -2.45. The Morgan fingerprint density at radius 1 is 1.44 bits per heavy atom.